The van der Waals surface area contributed by atoms with Crippen LogP contribution in [-0.2, 0) is 0 Å². The van der Waals surface area contributed by atoms with Crippen molar-refractivity contribution < 1.29 is 0 Å². The van der Waals surface area contributed by atoms with E-state index in [9.17, 15) is 0 Å². The third-order valence-electron chi connectivity index (χ3n) is 5.02. The van der Waals surface area contributed by atoms with E-state index in [-0.39, 0.29) is 0 Å². The van der Waals surface area contributed by atoms with Gasteiger partial charge in [0.1, 0.15) is 0 Å². The molecule has 18 heavy (non-hydrogen) atoms. The van der Waals surface area contributed by atoms with Gasteiger partial charge in [-0.1, -0.05) is 87.0 Å². The van der Waals surface area contributed by atoms with Gasteiger partial charge >= 0.3 is 0 Å². The largest absolute Gasteiger partial charge is 0.0649 e. The second-order valence-corrected chi connectivity index (χ2v) is 7.93. The minimum absolute atomic E-state index is 0.559. The first-order chi connectivity index (χ1) is 8.22. The van der Waals surface area contributed by atoms with Crippen LogP contribution >= 0.6 is 0 Å². The molecule has 0 aromatic carbocycles. The molecule has 0 aliphatic carbocycles. The molecular formula is C18H38. The Morgan fingerprint density at radius 1 is 0.722 bits per heavy atom. The lowest BCUT2D eigenvalue weighted by molar-refractivity contribution is 0.279. The fourth-order valence-electron chi connectivity index (χ4n) is 2.36. The molecule has 0 radical (unpaired) electrons. The summed E-state index contributed by atoms with van der Waals surface area (Å²) < 4.78 is 0. The summed E-state index contributed by atoms with van der Waals surface area (Å²) in [5, 5.41) is 0. The molecule has 0 aromatic rings. The van der Waals surface area contributed by atoms with E-state index in [4.69, 9.17) is 0 Å². The Labute approximate surface area is 117 Å². The van der Waals surface area contributed by atoms with E-state index in [0.717, 1.165) is 5.92 Å². The molecule has 0 amide bonds. The first kappa shape index (κ1) is 18.0. The highest BCUT2D eigenvalue weighted by Gasteiger charge is 2.16. The summed E-state index contributed by atoms with van der Waals surface area (Å²) in [5.74, 6) is 0.922. The molecule has 0 unspecified atom stereocenters. The number of rotatable bonds is 10. The van der Waals surface area contributed by atoms with Crippen LogP contribution in [0, 0.1) is 16.7 Å². The van der Waals surface area contributed by atoms with Crippen molar-refractivity contribution in [1.29, 1.82) is 0 Å². The van der Waals surface area contributed by atoms with Gasteiger partial charge in [-0.15, -0.1) is 0 Å². The molecule has 0 aliphatic heterocycles. The fourth-order valence-corrected chi connectivity index (χ4v) is 2.36. The third-order valence-corrected chi connectivity index (χ3v) is 5.02. The van der Waals surface area contributed by atoms with Crippen LogP contribution in [0.15, 0.2) is 0 Å². The van der Waals surface area contributed by atoms with Crippen molar-refractivity contribution in [2.24, 2.45) is 16.7 Å². The minimum Gasteiger partial charge on any atom is -0.0649 e. The zero-order valence-corrected chi connectivity index (χ0v) is 14.2. The van der Waals surface area contributed by atoms with Crippen LogP contribution in [0.4, 0.5) is 0 Å². The summed E-state index contributed by atoms with van der Waals surface area (Å²) in [5.41, 5.74) is 1.12. The fraction of sp³-hybridized carbons (Fsp3) is 1.00. The maximum absolute atomic E-state index is 2.44. The molecule has 0 heteroatoms. The lowest BCUT2D eigenvalue weighted by Crippen LogP contribution is -2.11. The molecule has 0 fully saturated rings. The van der Waals surface area contributed by atoms with E-state index >= 15 is 0 Å². The van der Waals surface area contributed by atoms with E-state index in [1.807, 2.05) is 0 Å². The Kier molecular flexibility index (Phi) is 8.23. The van der Waals surface area contributed by atoms with Gasteiger partial charge in [-0.05, 0) is 29.6 Å². The van der Waals surface area contributed by atoms with E-state index in [1.54, 1.807) is 0 Å². The lowest BCUT2D eigenvalue weighted by atomic mass is 9.81. The number of hydrogen-bond donors (Lipinski definition) is 0. The quantitative estimate of drug-likeness (QED) is 0.400. The molecule has 0 rings (SSSR count). The average molecular weight is 255 g/mol. The first-order valence-electron chi connectivity index (χ1n) is 8.22. The molecule has 110 valence electrons. The van der Waals surface area contributed by atoms with Crippen LogP contribution in [0.5, 0.6) is 0 Å². The Balaban J connectivity index is 3.64. The SMILES string of the molecule is CCC(C)(C)CCCC(C)CCCC(C)(C)CC. The lowest BCUT2D eigenvalue weighted by Gasteiger charge is -2.24. The van der Waals surface area contributed by atoms with E-state index in [2.05, 4.69) is 48.5 Å². The molecular weight excluding hydrogens is 216 g/mol. The molecule has 0 aromatic heterocycles. The van der Waals surface area contributed by atoms with Gasteiger partial charge in [0.15, 0.2) is 0 Å². The standard InChI is InChI=1S/C18H38/c1-8-17(4,5)14-10-12-16(3)13-11-15-18(6,7)9-2/h16H,8-15H2,1-7H3. The van der Waals surface area contributed by atoms with Gasteiger partial charge in [0.25, 0.3) is 0 Å². The van der Waals surface area contributed by atoms with Crippen LogP contribution in [-0.4, -0.2) is 0 Å². The third kappa shape index (κ3) is 9.00. The van der Waals surface area contributed by atoms with Crippen molar-refractivity contribution in [2.45, 2.75) is 99.8 Å². The first-order valence-corrected chi connectivity index (χ1v) is 8.22. The molecule has 0 atom stereocenters. The predicted molar refractivity (Wildman–Crippen MR) is 85.0 cm³/mol. The van der Waals surface area contributed by atoms with Crippen molar-refractivity contribution >= 4 is 0 Å². The van der Waals surface area contributed by atoms with Crippen LogP contribution in [0.25, 0.3) is 0 Å². The highest BCUT2D eigenvalue weighted by Crippen LogP contribution is 2.30. The molecule has 0 spiro atoms. The molecule has 0 aliphatic rings. The van der Waals surface area contributed by atoms with Gasteiger partial charge in [0.2, 0.25) is 0 Å². The summed E-state index contributed by atoms with van der Waals surface area (Å²) >= 11 is 0. The summed E-state index contributed by atoms with van der Waals surface area (Å²) in [6.07, 6.45) is 11.1. The molecule has 0 bridgehead atoms. The average Bonchev–Trinajstić information content (AvgIpc) is 2.28. The maximum Gasteiger partial charge on any atom is -0.0357 e. The number of hydrogen-bond acceptors (Lipinski definition) is 0. The van der Waals surface area contributed by atoms with E-state index in [1.165, 1.54) is 51.4 Å². The van der Waals surface area contributed by atoms with E-state index in [0.29, 0.717) is 10.8 Å². The highest BCUT2D eigenvalue weighted by atomic mass is 14.2. The smallest absolute Gasteiger partial charge is 0.0357 e. The van der Waals surface area contributed by atoms with Crippen LogP contribution in [0.1, 0.15) is 99.8 Å². The Hall–Kier alpha value is 0. The Bertz CT molecular complexity index is 178. The van der Waals surface area contributed by atoms with E-state index < -0.39 is 0 Å². The normalized spacial score (nSPS) is 13.3. The second-order valence-electron chi connectivity index (χ2n) is 7.93. The predicted octanol–water partition coefficient (Wildman–Crippen LogP) is 6.84. The summed E-state index contributed by atoms with van der Waals surface area (Å²) in [6.45, 7) is 16.7. The van der Waals surface area contributed by atoms with Crippen LogP contribution in [0.2, 0.25) is 0 Å². The molecule has 0 saturated carbocycles. The summed E-state index contributed by atoms with van der Waals surface area (Å²) in [7, 11) is 0. The Morgan fingerprint density at radius 2 is 1.06 bits per heavy atom. The summed E-state index contributed by atoms with van der Waals surface area (Å²) in [6, 6.07) is 0. The maximum atomic E-state index is 2.44. The van der Waals surface area contributed by atoms with Gasteiger partial charge < -0.3 is 0 Å². The topological polar surface area (TPSA) is 0 Å². The van der Waals surface area contributed by atoms with Crippen molar-refractivity contribution in [3.8, 4) is 0 Å². The van der Waals surface area contributed by atoms with Gasteiger partial charge in [0, 0.05) is 0 Å². The minimum atomic E-state index is 0.559. The highest BCUT2D eigenvalue weighted by molar-refractivity contribution is 4.69. The Morgan fingerprint density at radius 3 is 1.33 bits per heavy atom. The van der Waals surface area contributed by atoms with Crippen LogP contribution < -0.4 is 0 Å². The summed E-state index contributed by atoms with van der Waals surface area (Å²) in [4.78, 5) is 0. The van der Waals surface area contributed by atoms with Crippen LogP contribution in [0.3, 0.4) is 0 Å². The van der Waals surface area contributed by atoms with Gasteiger partial charge in [-0.3, -0.25) is 0 Å². The zero-order valence-electron chi connectivity index (χ0n) is 14.2. The van der Waals surface area contributed by atoms with Crippen molar-refractivity contribution in [1.82, 2.24) is 0 Å². The monoisotopic (exact) mass is 254 g/mol. The zero-order chi connectivity index (χ0) is 14.2. The van der Waals surface area contributed by atoms with Gasteiger partial charge in [0.05, 0.1) is 0 Å². The van der Waals surface area contributed by atoms with Gasteiger partial charge in [-0.25, -0.2) is 0 Å². The molecule has 0 heterocycles. The second kappa shape index (κ2) is 8.23. The van der Waals surface area contributed by atoms with Crippen molar-refractivity contribution in [2.75, 3.05) is 0 Å². The van der Waals surface area contributed by atoms with Crippen molar-refractivity contribution in [3.05, 3.63) is 0 Å². The molecule has 0 saturated heterocycles. The molecule has 0 N–H and O–H groups in total. The van der Waals surface area contributed by atoms with Gasteiger partial charge in [-0.2, -0.15) is 0 Å². The molecule has 0 nitrogen and oxygen atoms in total. The van der Waals surface area contributed by atoms with Crippen molar-refractivity contribution in [3.63, 3.8) is 0 Å².